The number of aromatic nitrogens is 3. The molecule has 0 aliphatic carbocycles. The molecule has 1 fully saturated rings. The summed E-state index contributed by atoms with van der Waals surface area (Å²) < 4.78 is 7.07. The van der Waals surface area contributed by atoms with Crippen LogP contribution in [0.2, 0.25) is 0 Å². The average molecular weight is 251 g/mol. The Morgan fingerprint density at radius 2 is 2.17 bits per heavy atom. The largest absolute Gasteiger partial charge is 0.394 e. The molecule has 18 heavy (non-hydrogen) atoms. The monoisotopic (exact) mass is 251 g/mol. The average Bonchev–Trinajstić information content (AvgIpc) is 2.93. The van der Waals surface area contributed by atoms with E-state index in [9.17, 15) is 10.2 Å². The molecular formula is C11H13N3O4. The lowest BCUT2D eigenvalue weighted by molar-refractivity contribution is -0.0508. The first kappa shape index (κ1) is 11.5. The first-order valence-corrected chi connectivity index (χ1v) is 5.61. The van der Waals surface area contributed by atoms with Crippen molar-refractivity contribution in [2.75, 3.05) is 6.61 Å². The second kappa shape index (κ2) is 4.29. The van der Waals surface area contributed by atoms with E-state index in [1.54, 1.807) is 23.0 Å². The van der Waals surface area contributed by atoms with Gasteiger partial charge in [0, 0.05) is 17.8 Å². The number of rotatable bonds is 2. The van der Waals surface area contributed by atoms with Crippen LogP contribution in [0.15, 0.2) is 24.8 Å². The van der Waals surface area contributed by atoms with Crippen molar-refractivity contribution in [3.8, 4) is 0 Å². The van der Waals surface area contributed by atoms with Crippen LogP contribution < -0.4 is 0 Å². The van der Waals surface area contributed by atoms with Gasteiger partial charge in [-0.3, -0.25) is 0 Å². The molecule has 3 heterocycles. The fourth-order valence-corrected chi connectivity index (χ4v) is 2.21. The molecule has 1 aliphatic heterocycles. The summed E-state index contributed by atoms with van der Waals surface area (Å²) in [7, 11) is 0. The minimum absolute atomic E-state index is 0.344. The van der Waals surface area contributed by atoms with Gasteiger partial charge in [0.05, 0.1) is 6.61 Å². The zero-order valence-electron chi connectivity index (χ0n) is 9.42. The Balaban J connectivity index is 2.00. The molecule has 2 aromatic rings. The molecule has 4 atom stereocenters. The Labute approximate surface area is 102 Å². The van der Waals surface area contributed by atoms with Crippen molar-refractivity contribution in [3.63, 3.8) is 0 Å². The molecule has 0 radical (unpaired) electrons. The van der Waals surface area contributed by atoms with Crippen LogP contribution in [0.1, 0.15) is 6.23 Å². The Bertz CT molecular complexity index is 558. The first-order valence-electron chi connectivity index (χ1n) is 5.61. The normalized spacial score (nSPS) is 32.2. The van der Waals surface area contributed by atoms with Gasteiger partial charge in [0.25, 0.3) is 0 Å². The van der Waals surface area contributed by atoms with Gasteiger partial charge in [0.2, 0.25) is 0 Å². The molecule has 7 heteroatoms. The number of fused-ring (bicyclic) bond motifs is 1. The number of ether oxygens (including phenoxy) is 1. The van der Waals surface area contributed by atoms with Gasteiger partial charge >= 0.3 is 0 Å². The van der Waals surface area contributed by atoms with E-state index in [4.69, 9.17) is 9.84 Å². The lowest BCUT2D eigenvalue weighted by Crippen LogP contribution is -2.33. The summed E-state index contributed by atoms with van der Waals surface area (Å²) in [4.78, 5) is 8.01. The Morgan fingerprint density at radius 3 is 2.89 bits per heavy atom. The molecular weight excluding hydrogens is 238 g/mol. The molecule has 3 N–H and O–H groups in total. The smallest absolute Gasteiger partial charge is 0.164 e. The molecule has 0 unspecified atom stereocenters. The van der Waals surface area contributed by atoms with Crippen LogP contribution in [0.4, 0.5) is 0 Å². The molecule has 0 saturated carbocycles. The van der Waals surface area contributed by atoms with Crippen LogP contribution in [0.25, 0.3) is 11.0 Å². The van der Waals surface area contributed by atoms with Gasteiger partial charge in [0.15, 0.2) is 6.23 Å². The van der Waals surface area contributed by atoms with Crippen molar-refractivity contribution in [2.24, 2.45) is 0 Å². The molecule has 0 amide bonds. The SMILES string of the molecule is OC[C@H]1O[C@@H](n2ccc3cncnc32)[C@@H](O)[C@@H]1O. The van der Waals surface area contributed by atoms with E-state index in [1.807, 2.05) is 0 Å². The van der Waals surface area contributed by atoms with Gasteiger partial charge in [-0.2, -0.15) is 0 Å². The number of aliphatic hydroxyl groups is 3. The van der Waals surface area contributed by atoms with Crippen LogP contribution >= 0.6 is 0 Å². The van der Waals surface area contributed by atoms with Gasteiger partial charge in [-0.05, 0) is 6.07 Å². The van der Waals surface area contributed by atoms with Crippen LogP contribution in [0.5, 0.6) is 0 Å². The summed E-state index contributed by atoms with van der Waals surface area (Å²) >= 11 is 0. The van der Waals surface area contributed by atoms with Gasteiger partial charge in [-0.25, -0.2) is 9.97 Å². The summed E-state index contributed by atoms with van der Waals surface area (Å²) in [6, 6.07) is 1.80. The summed E-state index contributed by atoms with van der Waals surface area (Å²) in [6.07, 6.45) is 1.00. The molecule has 0 spiro atoms. The Morgan fingerprint density at radius 1 is 1.33 bits per heavy atom. The highest BCUT2D eigenvalue weighted by Gasteiger charge is 2.43. The van der Waals surface area contributed by atoms with Gasteiger partial charge in [0.1, 0.15) is 30.3 Å². The van der Waals surface area contributed by atoms with Crippen LogP contribution in [-0.4, -0.2) is 54.8 Å². The summed E-state index contributed by atoms with van der Waals surface area (Å²) in [5.41, 5.74) is 0.611. The molecule has 1 aliphatic rings. The first-order chi connectivity index (χ1) is 8.72. The van der Waals surface area contributed by atoms with Crippen LogP contribution in [0, 0.1) is 0 Å². The second-order valence-electron chi connectivity index (χ2n) is 4.25. The number of nitrogens with zero attached hydrogens (tertiary/aromatic N) is 3. The third kappa shape index (κ3) is 1.60. The van der Waals surface area contributed by atoms with Gasteiger partial charge < -0.3 is 24.6 Å². The lowest BCUT2D eigenvalue weighted by Gasteiger charge is -2.17. The van der Waals surface area contributed by atoms with E-state index in [0.29, 0.717) is 5.65 Å². The highest BCUT2D eigenvalue weighted by molar-refractivity contribution is 5.74. The van der Waals surface area contributed by atoms with Gasteiger partial charge in [-0.1, -0.05) is 0 Å². The third-order valence-corrected chi connectivity index (χ3v) is 3.17. The highest BCUT2D eigenvalue weighted by atomic mass is 16.6. The van der Waals surface area contributed by atoms with E-state index in [-0.39, 0.29) is 6.61 Å². The molecule has 1 saturated heterocycles. The van der Waals surface area contributed by atoms with Gasteiger partial charge in [-0.15, -0.1) is 0 Å². The van der Waals surface area contributed by atoms with Crippen molar-refractivity contribution >= 4 is 11.0 Å². The quantitative estimate of drug-likeness (QED) is 0.635. The van der Waals surface area contributed by atoms with Crippen molar-refractivity contribution in [1.82, 2.24) is 14.5 Å². The number of aliphatic hydroxyl groups excluding tert-OH is 3. The molecule has 7 nitrogen and oxygen atoms in total. The zero-order chi connectivity index (χ0) is 12.7. The van der Waals surface area contributed by atoms with Crippen LogP contribution in [-0.2, 0) is 4.74 Å². The minimum Gasteiger partial charge on any atom is -0.394 e. The maximum absolute atomic E-state index is 9.94. The standard InChI is InChI=1S/C11H13N3O4/c15-4-7-8(16)9(17)11(18-7)14-2-1-6-3-12-5-13-10(6)14/h1-3,5,7-9,11,15-17H,4H2/t7-,8-,9+,11-/m1/s1. The Hall–Kier alpha value is -1.54. The number of hydrogen-bond acceptors (Lipinski definition) is 6. The predicted molar refractivity (Wildman–Crippen MR) is 60.5 cm³/mol. The van der Waals surface area contributed by atoms with Crippen molar-refractivity contribution in [1.29, 1.82) is 0 Å². The zero-order valence-corrected chi connectivity index (χ0v) is 9.42. The second-order valence-corrected chi connectivity index (χ2v) is 4.25. The highest BCUT2D eigenvalue weighted by Crippen LogP contribution is 2.31. The molecule has 2 aromatic heterocycles. The fraction of sp³-hybridized carbons (Fsp3) is 0.455. The summed E-state index contributed by atoms with van der Waals surface area (Å²) in [5, 5.41) is 29.5. The minimum atomic E-state index is -1.11. The summed E-state index contributed by atoms with van der Waals surface area (Å²) in [6.45, 7) is -0.344. The summed E-state index contributed by atoms with van der Waals surface area (Å²) in [5.74, 6) is 0. The van der Waals surface area contributed by atoms with Crippen molar-refractivity contribution in [3.05, 3.63) is 24.8 Å². The van der Waals surface area contributed by atoms with Crippen molar-refractivity contribution in [2.45, 2.75) is 24.5 Å². The fourth-order valence-electron chi connectivity index (χ4n) is 2.21. The Kier molecular flexibility index (Phi) is 2.75. The van der Waals surface area contributed by atoms with E-state index in [2.05, 4.69) is 9.97 Å². The molecule has 96 valence electrons. The topological polar surface area (TPSA) is 101 Å². The third-order valence-electron chi connectivity index (χ3n) is 3.17. The van der Waals surface area contributed by atoms with Crippen molar-refractivity contribution < 1.29 is 20.1 Å². The van der Waals surface area contributed by atoms with E-state index in [0.717, 1.165) is 5.39 Å². The van der Waals surface area contributed by atoms with Crippen LogP contribution in [0.3, 0.4) is 0 Å². The van der Waals surface area contributed by atoms with E-state index < -0.39 is 24.5 Å². The molecule has 0 aromatic carbocycles. The van der Waals surface area contributed by atoms with E-state index in [1.165, 1.54) is 6.33 Å². The maximum Gasteiger partial charge on any atom is 0.164 e. The number of hydrogen-bond donors (Lipinski definition) is 3. The molecule has 3 rings (SSSR count). The van der Waals surface area contributed by atoms with E-state index >= 15 is 0 Å². The predicted octanol–water partition coefficient (Wildman–Crippen LogP) is -0.957. The maximum atomic E-state index is 9.94. The molecule has 0 bridgehead atoms. The lowest BCUT2D eigenvalue weighted by atomic mass is 10.1.